The van der Waals surface area contributed by atoms with Crippen LogP contribution in [0.5, 0.6) is 0 Å². The summed E-state index contributed by atoms with van der Waals surface area (Å²) in [5.74, 6) is 0. The van der Waals surface area contributed by atoms with Crippen LogP contribution >= 0.6 is 0 Å². The summed E-state index contributed by atoms with van der Waals surface area (Å²) in [6.45, 7) is 0. The van der Waals surface area contributed by atoms with E-state index in [1.54, 1.807) is 0 Å². The Morgan fingerprint density at radius 2 is 1.22 bits per heavy atom. The number of halogens is 1. The summed E-state index contributed by atoms with van der Waals surface area (Å²) in [6, 6.07) is 0. The van der Waals surface area contributed by atoms with E-state index in [9.17, 15) is 0 Å². The molecule has 0 saturated heterocycles. The molecule has 0 unspecified atom stereocenters. The molecular formula is CHCeFLaNdO4+5. The van der Waals surface area contributed by atoms with Gasteiger partial charge in [0.2, 0.25) is 0 Å². The Morgan fingerprint density at radius 1 is 1.22 bits per heavy atom. The van der Waals surface area contributed by atoms with Gasteiger partial charge < -0.3 is 25.2 Å². The van der Waals surface area contributed by atoms with Crippen LogP contribution in [0.1, 0.15) is 0 Å². The van der Waals surface area contributed by atoms with Crippen LogP contribution in [0, 0.1) is 118 Å². The van der Waals surface area contributed by atoms with Crippen molar-refractivity contribution in [2.24, 2.45) is 0 Å². The number of carboxylic acid groups (broad SMARTS) is 2. The molecule has 0 aliphatic carbocycles. The predicted octanol–water partition coefficient (Wildman–Crippen LogP) is -5.62. The van der Waals surface area contributed by atoms with E-state index in [-0.39, 0.29) is 128 Å². The molecule has 4 nitrogen and oxygen atoms in total. The van der Waals surface area contributed by atoms with Crippen LogP contribution < -0.4 is 14.9 Å². The van der Waals surface area contributed by atoms with Crippen molar-refractivity contribution >= 4 is 6.16 Å². The molecule has 0 aromatic heterocycles. The average Bonchev–Trinajstić information content (AvgIpc) is 0.811. The van der Waals surface area contributed by atoms with Crippen molar-refractivity contribution in [3.63, 3.8) is 0 Å². The molecule has 9 heavy (non-hydrogen) atoms. The van der Waals surface area contributed by atoms with Gasteiger partial charge >= 0.3 is 118 Å². The van der Waals surface area contributed by atoms with Crippen LogP contribution in [0.3, 0.4) is 0 Å². The fourth-order valence-electron chi connectivity index (χ4n) is 0. The maximum atomic E-state index is 8.33. The van der Waals surface area contributed by atoms with E-state index in [0.29, 0.717) is 0 Å². The number of carbonyl (C=O) groups excluding carboxylic acids is 1. The minimum atomic E-state index is -2.33. The van der Waals surface area contributed by atoms with Gasteiger partial charge in [-0.1, -0.05) is 0 Å². The summed E-state index contributed by atoms with van der Waals surface area (Å²) in [5, 5.41) is 16.7. The molecule has 42 valence electrons. The zero-order chi connectivity index (χ0) is 3.58. The van der Waals surface area contributed by atoms with E-state index in [1.165, 1.54) is 0 Å². The molecule has 0 heterocycles. The van der Waals surface area contributed by atoms with E-state index in [4.69, 9.17) is 15.0 Å². The SMILES string of the molecule is O=C([O-])[O-].[Ce+3].[F-].[La+3].[Nd+3].[OH-]. The molecule has 0 saturated carbocycles. The molecule has 0 aromatic rings. The summed E-state index contributed by atoms with van der Waals surface area (Å²) in [6.07, 6.45) is -2.33. The third-order valence-electron chi connectivity index (χ3n) is 0. The van der Waals surface area contributed by atoms with Gasteiger partial charge in [-0.05, 0) is 6.16 Å². The van der Waals surface area contributed by atoms with Crippen LogP contribution in [-0.4, -0.2) is 11.6 Å². The second-order valence-corrected chi connectivity index (χ2v) is 0.250. The van der Waals surface area contributed by atoms with E-state index in [1.807, 2.05) is 0 Å². The van der Waals surface area contributed by atoms with Crippen LogP contribution in [0.25, 0.3) is 0 Å². The fourth-order valence-corrected chi connectivity index (χ4v) is 0. The summed E-state index contributed by atoms with van der Waals surface area (Å²) in [4.78, 5) is 8.33. The predicted molar refractivity (Wildman–Crippen MR) is 7.33 cm³/mol. The van der Waals surface area contributed by atoms with Gasteiger partial charge in [0.1, 0.15) is 0 Å². The van der Waals surface area contributed by atoms with Crippen LogP contribution in [-0.2, 0) is 0 Å². The molecule has 0 fully saturated rings. The first-order valence-corrected chi connectivity index (χ1v) is 0.612. The number of hydrogen-bond acceptors (Lipinski definition) is 4. The van der Waals surface area contributed by atoms with Gasteiger partial charge in [0.05, 0.1) is 0 Å². The molecule has 1 N–H and O–H groups in total. The molecule has 0 bridgehead atoms. The number of hydrogen-bond donors (Lipinski definition) is 0. The van der Waals surface area contributed by atoms with Gasteiger partial charge in [0.15, 0.2) is 0 Å². The van der Waals surface area contributed by atoms with Gasteiger partial charge in [0.25, 0.3) is 0 Å². The van der Waals surface area contributed by atoms with Crippen molar-refractivity contribution in [1.29, 1.82) is 0 Å². The van der Waals surface area contributed by atoms with Crippen LogP contribution in [0.2, 0.25) is 0 Å². The smallest absolute Gasteiger partial charge is 1.00 e. The normalized spacial score (nSPS) is 2.67. The molecule has 0 aromatic carbocycles. The van der Waals surface area contributed by atoms with Gasteiger partial charge in [-0.25, -0.2) is 0 Å². The van der Waals surface area contributed by atoms with E-state index < -0.39 is 6.16 Å². The fraction of sp³-hybridized carbons (Fsp3) is 0. The molecule has 0 amide bonds. The van der Waals surface area contributed by atoms with Gasteiger partial charge in [-0.15, -0.1) is 0 Å². The van der Waals surface area contributed by atoms with Gasteiger partial charge in [0, 0.05) is 0 Å². The van der Waals surface area contributed by atoms with E-state index >= 15 is 0 Å². The monoisotopic (exact) mass is 517 g/mol. The molecule has 0 rings (SSSR count). The van der Waals surface area contributed by atoms with Crippen molar-refractivity contribution in [1.82, 2.24) is 0 Å². The number of carbonyl (C=O) groups is 1. The first kappa shape index (κ1) is 40.1. The van der Waals surface area contributed by atoms with Crippen molar-refractivity contribution < 1.29 is 143 Å². The Balaban J connectivity index is -0.00000000450. The minimum absolute atomic E-state index is 0. The van der Waals surface area contributed by atoms with Crippen molar-refractivity contribution in [3.05, 3.63) is 0 Å². The summed E-state index contributed by atoms with van der Waals surface area (Å²) >= 11 is 0. The van der Waals surface area contributed by atoms with Gasteiger partial charge in [-0.2, -0.15) is 0 Å². The first-order valence-electron chi connectivity index (χ1n) is 0.612. The molecule has 0 atom stereocenters. The standard InChI is InChI=1S/CH2O3.Ce.FH.La.Nd.H2O/c2-1(3)4;;;;;/h(H2,2,3,4);;1H;;;1H2/q;+3;;2*+3;/p-4. The third-order valence-corrected chi connectivity index (χ3v) is 0. The van der Waals surface area contributed by atoms with Crippen molar-refractivity contribution in [3.8, 4) is 0 Å². The van der Waals surface area contributed by atoms with Crippen molar-refractivity contribution in [2.75, 3.05) is 0 Å². The second-order valence-electron chi connectivity index (χ2n) is 0.250. The Bertz CT molecular complexity index is 43.5. The Hall–Kier alpha value is 3.08. The zero-order valence-electron chi connectivity index (χ0n) is 4.13. The topological polar surface area (TPSA) is 93.2 Å². The quantitative estimate of drug-likeness (QED) is 0.319. The zero-order valence-corrected chi connectivity index (χ0v) is 14.1. The number of rotatable bonds is 0. The molecule has 2 radical (unpaired) electrons. The van der Waals surface area contributed by atoms with Crippen molar-refractivity contribution in [2.45, 2.75) is 0 Å². The Morgan fingerprint density at radius 3 is 1.22 bits per heavy atom. The minimum Gasteiger partial charge on any atom is -1.00 e. The summed E-state index contributed by atoms with van der Waals surface area (Å²) < 4.78 is 0. The van der Waals surface area contributed by atoms with Crippen LogP contribution in [0.4, 0.5) is 4.79 Å². The molecule has 0 aliphatic rings. The molecule has 8 heteroatoms. The van der Waals surface area contributed by atoms with E-state index in [0.717, 1.165) is 0 Å². The summed E-state index contributed by atoms with van der Waals surface area (Å²) in [7, 11) is 0. The largest absolute Gasteiger partial charge is 3.00 e. The second kappa shape index (κ2) is 30.5. The van der Waals surface area contributed by atoms with Crippen LogP contribution in [0.15, 0.2) is 0 Å². The average molecular weight is 519 g/mol. The Kier molecular flexibility index (Phi) is 136. The maximum absolute atomic E-state index is 8.33. The van der Waals surface area contributed by atoms with E-state index in [2.05, 4.69) is 0 Å². The third kappa shape index (κ3) is 96.2. The maximum Gasteiger partial charge on any atom is 3.00 e. The molecule has 0 aliphatic heterocycles. The first-order chi connectivity index (χ1) is 1.73. The molecular weight excluding hydrogens is 518 g/mol. The summed E-state index contributed by atoms with van der Waals surface area (Å²) in [5.41, 5.74) is 0. The Labute approximate surface area is 146 Å². The molecule has 0 spiro atoms. The van der Waals surface area contributed by atoms with Gasteiger partial charge in [-0.3, -0.25) is 0 Å².